The zero-order valence-corrected chi connectivity index (χ0v) is 13.5. The Morgan fingerprint density at radius 3 is 2.63 bits per heavy atom. The summed E-state index contributed by atoms with van der Waals surface area (Å²) in [6, 6.07) is 8.87. The van der Waals surface area contributed by atoms with E-state index in [1.807, 2.05) is 6.07 Å². The lowest BCUT2D eigenvalue weighted by atomic mass is 9.77. The van der Waals surface area contributed by atoms with Gasteiger partial charge in [-0.15, -0.1) is 0 Å². The summed E-state index contributed by atoms with van der Waals surface area (Å²) in [6.45, 7) is 6.14. The molecule has 0 bridgehead atoms. The van der Waals surface area contributed by atoms with Gasteiger partial charge < -0.3 is 10.1 Å². The van der Waals surface area contributed by atoms with Gasteiger partial charge in [-0.3, -0.25) is 0 Å². The number of hydrogen-bond donors (Lipinski definition) is 1. The van der Waals surface area contributed by atoms with E-state index in [4.69, 9.17) is 4.74 Å². The van der Waals surface area contributed by atoms with E-state index in [-0.39, 0.29) is 5.60 Å². The van der Waals surface area contributed by atoms with Gasteiger partial charge in [0.05, 0.1) is 12.2 Å². The van der Waals surface area contributed by atoms with Crippen molar-refractivity contribution in [1.29, 1.82) is 0 Å². The van der Waals surface area contributed by atoms with Gasteiger partial charge in [0.1, 0.15) is 0 Å². The van der Waals surface area contributed by atoms with Crippen molar-refractivity contribution in [2.45, 2.75) is 57.8 Å². The summed E-state index contributed by atoms with van der Waals surface area (Å²) in [6.07, 6.45) is 4.84. The third kappa shape index (κ3) is 4.30. The molecule has 0 heterocycles. The fraction of sp³-hybridized carbons (Fsp3) is 0.625. The molecule has 0 atom stereocenters. The van der Waals surface area contributed by atoms with Gasteiger partial charge in [-0.1, -0.05) is 48.0 Å². The summed E-state index contributed by atoms with van der Waals surface area (Å²) in [4.78, 5) is 0. The molecule has 0 saturated heterocycles. The lowest BCUT2D eigenvalue weighted by Gasteiger charge is -2.42. The van der Waals surface area contributed by atoms with Crippen LogP contribution in [0.2, 0.25) is 0 Å². The Morgan fingerprint density at radius 1 is 1.32 bits per heavy atom. The van der Waals surface area contributed by atoms with Crippen LogP contribution in [0.3, 0.4) is 0 Å². The maximum atomic E-state index is 6.24. The Kier molecular flexibility index (Phi) is 5.43. The van der Waals surface area contributed by atoms with Gasteiger partial charge in [0.2, 0.25) is 0 Å². The predicted molar refractivity (Wildman–Crippen MR) is 83.3 cm³/mol. The Labute approximate surface area is 125 Å². The molecule has 2 nitrogen and oxygen atoms in total. The highest BCUT2D eigenvalue weighted by Crippen LogP contribution is 2.39. The van der Waals surface area contributed by atoms with E-state index in [1.54, 1.807) is 0 Å². The lowest BCUT2D eigenvalue weighted by Crippen LogP contribution is -2.43. The van der Waals surface area contributed by atoms with Crippen molar-refractivity contribution in [2.75, 3.05) is 6.54 Å². The second-order valence-corrected chi connectivity index (χ2v) is 6.63. The van der Waals surface area contributed by atoms with Crippen LogP contribution in [-0.2, 0) is 11.3 Å². The third-order valence-corrected chi connectivity index (χ3v) is 4.66. The van der Waals surface area contributed by atoms with Crippen molar-refractivity contribution >= 4 is 15.9 Å². The Bertz CT molecular complexity index is 401. The standard InChI is InChI=1S/C16H24BrNO/c1-13(2)18-11-10-16(8-5-9-16)19-12-14-6-3-4-7-15(14)17/h3-4,6-7,13,18H,5,8-12H2,1-2H3. The smallest absolute Gasteiger partial charge is 0.0735 e. The van der Waals surface area contributed by atoms with Crippen LogP contribution < -0.4 is 5.32 Å². The summed E-state index contributed by atoms with van der Waals surface area (Å²) in [7, 11) is 0. The zero-order chi connectivity index (χ0) is 13.7. The van der Waals surface area contributed by atoms with E-state index in [2.05, 4.69) is 53.3 Å². The number of halogens is 1. The van der Waals surface area contributed by atoms with Crippen molar-refractivity contribution in [3.8, 4) is 0 Å². The molecule has 1 saturated carbocycles. The maximum absolute atomic E-state index is 6.24. The van der Waals surface area contributed by atoms with Gasteiger partial charge in [0, 0.05) is 10.5 Å². The first kappa shape index (κ1) is 15.0. The molecule has 1 fully saturated rings. The molecule has 1 aromatic rings. The molecule has 1 aliphatic rings. The van der Waals surface area contributed by atoms with E-state index >= 15 is 0 Å². The second kappa shape index (κ2) is 6.87. The van der Waals surface area contributed by atoms with Crippen LogP contribution in [0.4, 0.5) is 0 Å². The van der Waals surface area contributed by atoms with E-state index in [9.17, 15) is 0 Å². The molecule has 1 N–H and O–H groups in total. The molecule has 0 unspecified atom stereocenters. The molecule has 19 heavy (non-hydrogen) atoms. The van der Waals surface area contributed by atoms with Crippen LogP contribution in [0.25, 0.3) is 0 Å². The van der Waals surface area contributed by atoms with Crippen LogP contribution in [-0.4, -0.2) is 18.2 Å². The minimum atomic E-state index is 0.122. The van der Waals surface area contributed by atoms with Gasteiger partial charge in [-0.05, 0) is 43.9 Å². The molecule has 1 aliphatic carbocycles. The predicted octanol–water partition coefficient (Wildman–Crippen LogP) is 4.28. The van der Waals surface area contributed by atoms with Crippen LogP contribution in [0.1, 0.15) is 45.1 Å². The molecule has 1 aromatic carbocycles. The van der Waals surface area contributed by atoms with Crippen molar-refractivity contribution < 1.29 is 4.74 Å². The van der Waals surface area contributed by atoms with Crippen LogP contribution in [0.15, 0.2) is 28.7 Å². The number of hydrogen-bond acceptors (Lipinski definition) is 2. The Balaban J connectivity index is 1.83. The number of rotatable bonds is 7. The molecule has 2 rings (SSSR count). The highest BCUT2D eigenvalue weighted by atomic mass is 79.9. The van der Waals surface area contributed by atoms with Crippen molar-refractivity contribution in [1.82, 2.24) is 5.32 Å². The number of ether oxygens (including phenoxy) is 1. The van der Waals surface area contributed by atoms with Gasteiger partial charge >= 0.3 is 0 Å². The summed E-state index contributed by atoms with van der Waals surface area (Å²) < 4.78 is 7.39. The van der Waals surface area contributed by atoms with Crippen molar-refractivity contribution in [3.05, 3.63) is 34.3 Å². The fourth-order valence-electron chi connectivity index (χ4n) is 2.47. The maximum Gasteiger partial charge on any atom is 0.0735 e. The first-order chi connectivity index (χ1) is 9.11. The van der Waals surface area contributed by atoms with Gasteiger partial charge in [0.25, 0.3) is 0 Å². The highest BCUT2D eigenvalue weighted by Gasteiger charge is 2.37. The van der Waals surface area contributed by atoms with Crippen LogP contribution in [0.5, 0.6) is 0 Å². The number of benzene rings is 1. The van der Waals surface area contributed by atoms with Gasteiger partial charge in [-0.25, -0.2) is 0 Å². The molecule has 106 valence electrons. The van der Waals surface area contributed by atoms with E-state index in [0.717, 1.165) is 17.4 Å². The average Bonchev–Trinajstić information content (AvgIpc) is 2.33. The summed E-state index contributed by atoms with van der Waals surface area (Å²) in [5, 5.41) is 3.49. The lowest BCUT2D eigenvalue weighted by molar-refractivity contribution is -0.114. The quantitative estimate of drug-likeness (QED) is 0.808. The van der Waals surface area contributed by atoms with Gasteiger partial charge in [0.15, 0.2) is 0 Å². The summed E-state index contributed by atoms with van der Waals surface area (Å²) in [5.41, 5.74) is 1.36. The van der Waals surface area contributed by atoms with E-state index < -0.39 is 0 Å². The first-order valence-electron chi connectivity index (χ1n) is 7.22. The van der Waals surface area contributed by atoms with Gasteiger partial charge in [-0.2, -0.15) is 0 Å². The molecular formula is C16H24BrNO. The molecule has 0 spiro atoms. The first-order valence-corrected chi connectivity index (χ1v) is 8.01. The SMILES string of the molecule is CC(C)NCCC1(OCc2ccccc2Br)CCC1. The second-order valence-electron chi connectivity index (χ2n) is 5.78. The fourth-order valence-corrected chi connectivity index (χ4v) is 2.87. The van der Waals surface area contributed by atoms with Crippen molar-refractivity contribution in [3.63, 3.8) is 0 Å². The number of nitrogens with one attached hydrogen (secondary N) is 1. The van der Waals surface area contributed by atoms with Crippen LogP contribution >= 0.6 is 15.9 Å². The highest BCUT2D eigenvalue weighted by molar-refractivity contribution is 9.10. The van der Waals surface area contributed by atoms with Crippen LogP contribution in [0, 0.1) is 0 Å². The molecule has 0 aliphatic heterocycles. The van der Waals surface area contributed by atoms with E-state index in [0.29, 0.717) is 12.6 Å². The molecule has 0 aromatic heterocycles. The normalized spacial score (nSPS) is 17.5. The largest absolute Gasteiger partial charge is 0.370 e. The molecule has 3 heteroatoms. The zero-order valence-electron chi connectivity index (χ0n) is 11.9. The Morgan fingerprint density at radius 2 is 2.05 bits per heavy atom. The molecule has 0 amide bonds. The molecule has 0 radical (unpaired) electrons. The minimum absolute atomic E-state index is 0.122. The average molecular weight is 326 g/mol. The third-order valence-electron chi connectivity index (χ3n) is 3.89. The van der Waals surface area contributed by atoms with Crippen molar-refractivity contribution in [2.24, 2.45) is 0 Å². The minimum Gasteiger partial charge on any atom is -0.370 e. The monoisotopic (exact) mass is 325 g/mol. The topological polar surface area (TPSA) is 21.3 Å². The summed E-state index contributed by atoms with van der Waals surface area (Å²) in [5.74, 6) is 0. The molecular weight excluding hydrogens is 302 g/mol. The van der Waals surface area contributed by atoms with E-state index in [1.165, 1.54) is 24.8 Å². The summed E-state index contributed by atoms with van der Waals surface area (Å²) >= 11 is 3.58. The Hall–Kier alpha value is -0.380.